The predicted octanol–water partition coefficient (Wildman–Crippen LogP) is 4.65. The third kappa shape index (κ3) is 4.21. The molecule has 27 heavy (non-hydrogen) atoms. The van der Waals surface area contributed by atoms with Crippen molar-refractivity contribution in [1.82, 2.24) is 0 Å². The van der Waals surface area contributed by atoms with Crippen LogP contribution >= 0.6 is 0 Å². The van der Waals surface area contributed by atoms with Crippen LogP contribution in [0, 0.1) is 0 Å². The summed E-state index contributed by atoms with van der Waals surface area (Å²) in [5.74, 6) is 0.0748. The number of aryl methyl sites for hydroxylation is 1. The van der Waals surface area contributed by atoms with E-state index in [0.29, 0.717) is 25.1 Å². The number of amides is 3. The van der Waals surface area contributed by atoms with Gasteiger partial charge in [0.25, 0.3) is 0 Å². The van der Waals surface area contributed by atoms with Gasteiger partial charge in [-0.2, -0.15) is 13.2 Å². The molecule has 0 saturated carbocycles. The second kappa shape index (κ2) is 7.30. The van der Waals surface area contributed by atoms with Crippen molar-refractivity contribution in [2.75, 3.05) is 22.1 Å². The SMILES string of the molecule is CCN1C(=O)CCc2cc(NC(=O)Nc3ccc(C(F)(F)F)cc3)ccc21. The standard InChI is InChI=1S/C19H18F3N3O2/c1-2-25-16-9-8-15(11-12(16)3-10-17(25)26)24-18(27)23-14-6-4-13(5-7-14)19(20,21)22/h4-9,11H,2-3,10H2,1H3,(H2,23,24,27). The highest BCUT2D eigenvalue weighted by molar-refractivity contribution is 6.01. The van der Waals surface area contributed by atoms with Crippen LogP contribution in [-0.4, -0.2) is 18.5 Å². The summed E-state index contributed by atoms with van der Waals surface area (Å²) in [4.78, 5) is 25.7. The fraction of sp³-hybridized carbons (Fsp3) is 0.263. The van der Waals surface area contributed by atoms with Gasteiger partial charge in [0.1, 0.15) is 0 Å². The Hall–Kier alpha value is -3.03. The largest absolute Gasteiger partial charge is 0.416 e. The summed E-state index contributed by atoms with van der Waals surface area (Å²) in [5, 5.41) is 5.15. The molecule has 8 heteroatoms. The number of fused-ring (bicyclic) bond motifs is 1. The van der Waals surface area contributed by atoms with Gasteiger partial charge in [0, 0.05) is 30.0 Å². The molecular formula is C19H18F3N3O2. The average Bonchev–Trinajstić information content (AvgIpc) is 2.61. The average molecular weight is 377 g/mol. The number of anilines is 3. The quantitative estimate of drug-likeness (QED) is 0.818. The molecule has 0 radical (unpaired) electrons. The van der Waals surface area contributed by atoms with Gasteiger partial charge in [-0.15, -0.1) is 0 Å². The van der Waals surface area contributed by atoms with Crippen LogP contribution in [0.4, 0.5) is 35.0 Å². The number of benzene rings is 2. The molecule has 1 heterocycles. The maximum absolute atomic E-state index is 12.6. The topological polar surface area (TPSA) is 61.4 Å². The maximum atomic E-state index is 12.6. The fourth-order valence-electron chi connectivity index (χ4n) is 3.02. The van der Waals surface area contributed by atoms with Crippen molar-refractivity contribution in [3.8, 4) is 0 Å². The van der Waals surface area contributed by atoms with E-state index in [9.17, 15) is 22.8 Å². The Morgan fingerprint density at radius 1 is 1.04 bits per heavy atom. The number of alkyl halides is 3. The lowest BCUT2D eigenvalue weighted by Crippen LogP contribution is -2.34. The molecular weight excluding hydrogens is 359 g/mol. The molecule has 3 amide bonds. The zero-order valence-corrected chi connectivity index (χ0v) is 14.6. The Morgan fingerprint density at radius 2 is 1.67 bits per heavy atom. The minimum Gasteiger partial charge on any atom is -0.312 e. The van der Waals surface area contributed by atoms with Crippen molar-refractivity contribution < 1.29 is 22.8 Å². The molecule has 0 saturated heterocycles. The Kier molecular flexibility index (Phi) is 5.07. The Labute approximate surface area is 154 Å². The first kappa shape index (κ1) is 18.8. The zero-order chi connectivity index (χ0) is 19.6. The third-order valence-corrected chi connectivity index (χ3v) is 4.32. The molecule has 142 valence electrons. The highest BCUT2D eigenvalue weighted by Gasteiger charge is 2.30. The molecule has 0 fully saturated rings. The van der Waals surface area contributed by atoms with Crippen molar-refractivity contribution in [1.29, 1.82) is 0 Å². The highest BCUT2D eigenvalue weighted by atomic mass is 19.4. The second-order valence-corrected chi connectivity index (χ2v) is 6.14. The molecule has 0 aliphatic carbocycles. The van der Waals surface area contributed by atoms with E-state index in [2.05, 4.69) is 10.6 Å². The Balaban J connectivity index is 1.67. The van der Waals surface area contributed by atoms with Gasteiger partial charge in [0.15, 0.2) is 0 Å². The number of urea groups is 1. The van der Waals surface area contributed by atoms with Crippen LogP contribution < -0.4 is 15.5 Å². The van der Waals surface area contributed by atoms with Crippen LogP contribution in [0.3, 0.4) is 0 Å². The Bertz CT molecular complexity index is 863. The summed E-state index contributed by atoms with van der Waals surface area (Å²) in [6, 6.07) is 8.91. The number of nitrogens with zero attached hydrogens (tertiary/aromatic N) is 1. The molecule has 2 aromatic carbocycles. The van der Waals surface area contributed by atoms with Gasteiger partial charge in [-0.3, -0.25) is 4.79 Å². The van der Waals surface area contributed by atoms with Crippen molar-refractivity contribution in [3.63, 3.8) is 0 Å². The minimum absolute atomic E-state index is 0.0748. The first-order chi connectivity index (χ1) is 12.8. The smallest absolute Gasteiger partial charge is 0.312 e. The number of hydrogen-bond acceptors (Lipinski definition) is 2. The van der Waals surface area contributed by atoms with Gasteiger partial charge in [-0.25, -0.2) is 4.79 Å². The van der Waals surface area contributed by atoms with Crippen LogP contribution in [0.5, 0.6) is 0 Å². The van der Waals surface area contributed by atoms with E-state index in [1.165, 1.54) is 12.1 Å². The van der Waals surface area contributed by atoms with Gasteiger partial charge in [0.2, 0.25) is 5.91 Å². The molecule has 0 aromatic heterocycles. The molecule has 5 nitrogen and oxygen atoms in total. The van der Waals surface area contributed by atoms with Crippen LogP contribution in [0.1, 0.15) is 24.5 Å². The molecule has 0 bridgehead atoms. The van der Waals surface area contributed by atoms with Crippen LogP contribution in [0.15, 0.2) is 42.5 Å². The lowest BCUT2D eigenvalue weighted by molar-refractivity contribution is -0.137. The lowest BCUT2D eigenvalue weighted by Gasteiger charge is -2.28. The number of carbonyl (C=O) groups excluding carboxylic acids is 2. The summed E-state index contributed by atoms with van der Waals surface area (Å²) >= 11 is 0. The highest BCUT2D eigenvalue weighted by Crippen LogP contribution is 2.31. The minimum atomic E-state index is -4.42. The molecule has 2 aromatic rings. The number of carbonyl (C=O) groups is 2. The second-order valence-electron chi connectivity index (χ2n) is 6.14. The van der Waals surface area contributed by atoms with Gasteiger partial charge in [0.05, 0.1) is 5.56 Å². The zero-order valence-electron chi connectivity index (χ0n) is 14.6. The van der Waals surface area contributed by atoms with Crippen molar-refractivity contribution in [2.24, 2.45) is 0 Å². The van der Waals surface area contributed by atoms with E-state index in [1.807, 2.05) is 6.92 Å². The van der Waals surface area contributed by atoms with Crippen LogP contribution in [-0.2, 0) is 17.4 Å². The van der Waals surface area contributed by atoms with Crippen molar-refractivity contribution in [3.05, 3.63) is 53.6 Å². The lowest BCUT2D eigenvalue weighted by atomic mass is 10.0. The maximum Gasteiger partial charge on any atom is 0.416 e. The normalized spacial score (nSPS) is 13.9. The number of halogens is 3. The molecule has 1 aliphatic heterocycles. The molecule has 0 atom stereocenters. The van der Waals surface area contributed by atoms with Crippen molar-refractivity contribution in [2.45, 2.75) is 25.9 Å². The van der Waals surface area contributed by atoms with Gasteiger partial charge in [-0.05, 0) is 61.4 Å². The molecule has 0 unspecified atom stereocenters. The molecule has 2 N–H and O–H groups in total. The summed E-state index contributed by atoms with van der Waals surface area (Å²) in [6.45, 7) is 2.48. The van der Waals surface area contributed by atoms with Gasteiger partial charge in [-0.1, -0.05) is 0 Å². The summed E-state index contributed by atoms with van der Waals surface area (Å²) in [6.07, 6.45) is -3.40. The third-order valence-electron chi connectivity index (χ3n) is 4.32. The fourth-order valence-corrected chi connectivity index (χ4v) is 3.02. The monoisotopic (exact) mass is 377 g/mol. The van der Waals surface area contributed by atoms with Crippen LogP contribution in [0.25, 0.3) is 0 Å². The van der Waals surface area contributed by atoms with Gasteiger partial charge >= 0.3 is 12.2 Å². The van der Waals surface area contributed by atoms with E-state index in [1.54, 1.807) is 23.1 Å². The van der Waals surface area contributed by atoms with E-state index < -0.39 is 17.8 Å². The predicted molar refractivity (Wildman–Crippen MR) is 96.9 cm³/mol. The van der Waals surface area contributed by atoms with Crippen molar-refractivity contribution >= 4 is 29.0 Å². The molecule has 1 aliphatic rings. The summed E-state index contributed by atoms with van der Waals surface area (Å²) in [7, 11) is 0. The summed E-state index contributed by atoms with van der Waals surface area (Å²) < 4.78 is 37.7. The van der Waals surface area contributed by atoms with E-state index in [4.69, 9.17) is 0 Å². The molecule has 0 spiro atoms. The summed E-state index contributed by atoms with van der Waals surface area (Å²) in [5.41, 5.74) is 1.81. The number of hydrogen-bond donors (Lipinski definition) is 2. The number of nitrogens with one attached hydrogen (secondary N) is 2. The van der Waals surface area contributed by atoms with E-state index in [-0.39, 0.29) is 11.6 Å². The Morgan fingerprint density at radius 3 is 2.30 bits per heavy atom. The molecule has 3 rings (SSSR count). The van der Waals surface area contributed by atoms with Gasteiger partial charge < -0.3 is 15.5 Å². The van der Waals surface area contributed by atoms with E-state index >= 15 is 0 Å². The first-order valence-electron chi connectivity index (χ1n) is 8.46. The first-order valence-corrected chi connectivity index (χ1v) is 8.46. The number of rotatable bonds is 3. The van der Waals surface area contributed by atoms with Crippen LogP contribution in [0.2, 0.25) is 0 Å². The van der Waals surface area contributed by atoms with E-state index in [0.717, 1.165) is 23.4 Å².